The number of anilines is 1. The van der Waals surface area contributed by atoms with Gasteiger partial charge in [0.05, 0.1) is 30.7 Å². The Bertz CT molecular complexity index is 1620. The molecule has 5 rings (SSSR count). The van der Waals surface area contributed by atoms with E-state index in [-0.39, 0.29) is 16.8 Å². The highest BCUT2D eigenvalue weighted by Crippen LogP contribution is 2.44. The minimum absolute atomic E-state index is 0.0201. The normalized spacial score (nSPS) is 14.6. The molecule has 1 unspecified atom stereocenters. The van der Waals surface area contributed by atoms with Crippen molar-refractivity contribution >= 4 is 50.1 Å². The Kier molecular flexibility index (Phi) is 8.01. The van der Waals surface area contributed by atoms with Gasteiger partial charge in [-0.15, -0.1) is 0 Å². The highest BCUT2D eigenvalue weighted by atomic mass is 79.9. The van der Waals surface area contributed by atoms with Crippen LogP contribution in [0.4, 0.5) is 5.69 Å². The van der Waals surface area contributed by atoms with E-state index in [1.807, 2.05) is 37.3 Å². The molecule has 39 heavy (non-hydrogen) atoms. The van der Waals surface area contributed by atoms with E-state index in [9.17, 15) is 9.59 Å². The molecule has 1 aliphatic rings. The van der Waals surface area contributed by atoms with Gasteiger partial charge in [0.2, 0.25) is 5.76 Å². The van der Waals surface area contributed by atoms with Crippen LogP contribution in [0.3, 0.4) is 0 Å². The lowest BCUT2D eigenvalue weighted by Gasteiger charge is -2.26. The summed E-state index contributed by atoms with van der Waals surface area (Å²) in [5, 5.41) is 0.913. The Balaban J connectivity index is 1.64. The fourth-order valence-electron chi connectivity index (χ4n) is 4.94. The van der Waals surface area contributed by atoms with Gasteiger partial charge in [0.15, 0.2) is 16.9 Å². The van der Waals surface area contributed by atoms with E-state index >= 15 is 0 Å². The van der Waals surface area contributed by atoms with Crippen molar-refractivity contribution in [3.63, 3.8) is 0 Å². The summed E-state index contributed by atoms with van der Waals surface area (Å²) < 4.78 is 18.5. The number of methoxy groups -OCH3 is 1. The molecule has 0 saturated heterocycles. The molecular weight excluding hydrogens is 582 g/mol. The average molecular weight is 611 g/mol. The van der Waals surface area contributed by atoms with Crippen LogP contribution in [0.5, 0.6) is 11.5 Å². The summed E-state index contributed by atoms with van der Waals surface area (Å²) in [4.78, 5) is 29.3. The molecule has 0 fully saturated rings. The van der Waals surface area contributed by atoms with E-state index in [0.717, 1.165) is 29.3 Å². The van der Waals surface area contributed by atoms with E-state index in [2.05, 4.69) is 22.9 Å². The largest absolute Gasteiger partial charge is 0.493 e. The first-order valence-electron chi connectivity index (χ1n) is 13.0. The van der Waals surface area contributed by atoms with E-state index < -0.39 is 11.9 Å². The second-order valence-electron chi connectivity index (χ2n) is 9.65. The summed E-state index contributed by atoms with van der Waals surface area (Å²) in [6.45, 7) is 4.65. The number of rotatable bonds is 9. The van der Waals surface area contributed by atoms with Crippen LogP contribution in [0.2, 0.25) is 5.02 Å². The summed E-state index contributed by atoms with van der Waals surface area (Å²) >= 11 is 9.90. The van der Waals surface area contributed by atoms with Crippen LogP contribution in [-0.4, -0.2) is 19.6 Å². The van der Waals surface area contributed by atoms with Gasteiger partial charge in [0, 0.05) is 15.2 Å². The summed E-state index contributed by atoms with van der Waals surface area (Å²) in [6.07, 6.45) is 4.38. The van der Waals surface area contributed by atoms with Gasteiger partial charge in [-0.1, -0.05) is 65.8 Å². The molecule has 8 heteroatoms. The van der Waals surface area contributed by atoms with Gasteiger partial charge in [-0.25, -0.2) is 0 Å². The molecule has 1 amide bonds. The minimum Gasteiger partial charge on any atom is -0.493 e. The average Bonchev–Trinajstić information content (AvgIpc) is 3.23. The summed E-state index contributed by atoms with van der Waals surface area (Å²) in [6, 6.07) is 15.3. The number of hydrogen-bond acceptors (Lipinski definition) is 5. The second-order valence-corrected chi connectivity index (χ2v) is 11.0. The van der Waals surface area contributed by atoms with Crippen LogP contribution < -0.4 is 19.8 Å². The Morgan fingerprint density at radius 3 is 2.56 bits per heavy atom. The topological polar surface area (TPSA) is 69.0 Å². The molecule has 0 spiro atoms. The number of halogens is 2. The summed E-state index contributed by atoms with van der Waals surface area (Å²) in [5.74, 6) is 0.749. The predicted molar refractivity (Wildman–Crippen MR) is 158 cm³/mol. The lowest BCUT2D eigenvalue weighted by atomic mass is 9.97. The quantitative estimate of drug-likeness (QED) is 0.179. The number of carbonyl (C=O) groups is 1. The zero-order chi connectivity index (χ0) is 27.7. The van der Waals surface area contributed by atoms with Crippen molar-refractivity contribution in [2.75, 3.05) is 18.6 Å². The number of aryl methyl sites for hydroxylation is 1. The number of benzene rings is 3. The molecule has 0 radical (unpaired) electrons. The maximum absolute atomic E-state index is 13.9. The van der Waals surface area contributed by atoms with Crippen molar-refractivity contribution in [3.05, 3.63) is 96.8 Å². The Morgan fingerprint density at radius 1 is 1.00 bits per heavy atom. The molecule has 1 aromatic heterocycles. The molecule has 3 aromatic carbocycles. The number of carbonyl (C=O) groups excluding carboxylic acids is 1. The molecule has 1 atom stereocenters. The molecule has 0 bridgehead atoms. The van der Waals surface area contributed by atoms with Crippen LogP contribution in [0, 0.1) is 6.92 Å². The van der Waals surface area contributed by atoms with Crippen LogP contribution in [0.1, 0.15) is 65.9 Å². The van der Waals surface area contributed by atoms with Crippen molar-refractivity contribution in [1.29, 1.82) is 0 Å². The molecule has 6 nitrogen and oxygen atoms in total. The Labute approximate surface area is 240 Å². The van der Waals surface area contributed by atoms with Gasteiger partial charge in [-0.2, -0.15) is 0 Å². The monoisotopic (exact) mass is 609 g/mol. The van der Waals surface area contributed by atoms with Gasteiger partial charge < -0.3 is 13.9 Å². The number of amides is 1. The third-order valence-corrected chi connectivity index (χ3v) is 7.93. The SMILES string of the molecule is CCCCCCOc1ccc(C2c3c(oc4ccc(Br)cc4c3=O)C(=O)N2c2ccc(C)c(Cl)c2)cc1OC. The van der Waals surface area contributed by atoms with E-state index in [1.54, 1.807) is 36.3 Å². The number of nitrogens with zero attached hydrogens (tertiary/aromatic N) is 1. The van der Waals surface area contributed by atoms with Gasteiger partial charge in [0.1, 0.15) is 5.58 Å². The third-order valence-electron chi connectivity index (χ3n) is 7.02. The van der Waals surface area contributed by atoms with Crippen molar-refractivity contribution in [3.8, 4) is 11.5 Å². The highest BCUT2D eigenvalue weighted by molar-refractivity contribution is 9.10. The van der Waals surface area contributed by atoms with Gasteiger partial charge in [0.25, 0.3) is 5.91 Å². The van der Waals surface area contributed by atoms with Crippen molar-refractivity contribution in [2.24, 2.45) is 0 Å². The van der Waals surface area contributed by atoms with E-state index in [1.165, 1.54) is 6.42 Å². The fraction of sp³-hybridized carbons (Fsp3) is 0.290. The van der Waals surface area contributed by atoms with Crippen molar-refractivity contribution in [1.82, 2.24) is 0 Å². The number of fused-ring (bicyclic) bond motifs is 2. The van der Waals surface area contributed by atoms with Crippen LogP contribution >= 0.6 is 27.5 Å². The highest BCUT2D eigenvalue weighted by Gasteiger charge is 2.44. The summed E-state index contributed by atoms with van der Waals surface area (Å²) in [7, 11) is 1.58. The number of unbranched alkanes of at least 4 members (excludes halogenated alkanes) is 3. The lowest BCUT2D eigenvalue weighted by Crippen LogP contribution is -2.29. The Hall–Kier alpha value is -3.29. The zero-order valence-electron chi connectivity index (χ0n) is 22.1. The molecule has 0 aliphatic carbocycles. The second kappa shape index (κ2) is 11.4. The first kappa shape index (κ1) is 27.3. The van der Waals surface area contributed by atoms with Crippen LogP contribution in [0.15, 0.2) is 68.3 Å². The molecule has 1 aliphatic heterocycles. The maximum Gasteiger partial charge on any atom is 0.295 e. The summed E-state index contributed by atoms with van der Waals surface area (Å²) in [5.41, 5.74) is 2.50. The molecule has 0 saturated carbocycles. The number of hydrogen-bond donors (Lipinski definition) is 0. The first-order chi connectivity index (χ1) is 18.8. The smallest absolute Gasteiger partial charge is 0.295 e. The van der Waals surface area contributed by atoms with Crippen molar-refractivity contribution < 1.29 is 18.7 Å². The Morgan fingerprint density at radius 2 is 1.82 bits per heavy atom. The fourth-order valence-corrected chi connectivity index (χ4v) is 5.48. The first-order valence-corrected chi connectivity index (χ1v) is 14.2. The van der Waals surface area contributed by atoms with Crippen LogP contribution in [0.25, 0.3) is 11.0 Å². The zero-order valence-corrected chi connectivity index (χ0v) is 24.4. The molecule has 0 N–H and O–H groups in total. The van der Waals surface area contributed by atoms with E-state index in [0.29, 0.717) is 45.3 Å². The lowest BCUT2D eigenvalue weighted by molar-refractivity contribution is 0.0971. The van der Waals surface area contributed by atoms with Crippen LogP contribution in [-0.2, 0) is 0 Å². The standard InChI is InChI=1S/C31H29BrClNO5/c1-4-5-6-7-14-38-25-12-9-19(15-26(25)37-3)28-27-29(35)22-16-20(32)10-13-24(22)39-30(27)31(36)34(28)21-11-8-18(2)23(33)17-21/h8-13,15-17,28H,4-7,14H2,1-3H3. The van der Waals surface area contributed by atoms with Gasteiger partial charge >= 0.3 is 0 Å². The van der Waals surface area contributed by atoms with E-state index in [4.69, 9.17) is 25.5 Å². The molecular formula is C31H29BrClNO5. The molecule has 202 valence electrons. The molecule has 2 heterocycles. The third kappa shape index (κ3) is 5.18. The van der Waals surface area contributed by atoms with Crippen molar-refractivity contribution in [2.45, 2.75) is 45.6 Å². The molecule has 4 aromatic rings. The number of ether oxygens (including phenoxy) is 2. The predicted octanol–water partition coefficient (Wildman–Crippen LogP) is 8.23. The van der Waals surface area contributed by atoms with Gasteiger partial charge in [-0.05, 0) is 66.9 Å². The maximum atomic E-state index is 13.9. The minimum atomic E-state index is -0.751. The van der Waals surface area contributed by atoms with Gasteiger partial charge in [-0.3, -0.25) is 14.5 Å².